The molecule has 4 nitrogen and oxygen atoms in total. The molecule has 1 rings (SSSR count). The van der Waals surface area contributed by atoms with E-state index in [1.165, 1.54) is 6.07 Å². The molecule has 0 bridgehead atoms. The van der Waals surface area contributed by atoms with Crippen molar-refractivity contribution in [3.63, 3.8) is 0 Å². The number of hydrogen-bond donors (Lipinski definition) is 2. The maximum atomic E-state index is 12.0. The third-order valence-corrected chi connectivity index (χ3v) is 1.85. The second kappa shape index (κ2) is 7.81. The fourth-order valence-corrected chi connectivity index (χ4v) is 1.13. The van der Waals surface area contributed by atoms with Gasteiger partial charge in [-0.05, 0) is 6.07 Å². The second-order valence-electron chi connectivity index (χ2n) is 2.97. The topological polar surface area (TPSA) is 64.4 Å². The minimum absolute atomic E-state index is 0. The van der Waals surface area contributed by atoms with Crippen LogP contribution in [-0.2, 0) is 11.3 Å². The van der Waals surface area contributed by atoms with Crippen molar-refractivity contribution in [1.29, 1.82) is 0 Å². The fourth-order valence-electron chi connectivity index (χ4n) is 1.13. The molecule has 7 heteroatoms. The predicted octanol–water partition coefficient (Wildman–Crippen LogP) is 1.28. The molecule has 0 fully saturated rings. The molecule has 0 aliphatic carbocycles. The highest BCUT2D eigenvalue weighted by Gasteiger charge is 2.09. The molecule has 3 N–H and O–H groups in total. The molecule has 0 heterocycles. The van der Waals surface area contributed by atoms with Crippen molar-refractivity contribution >= 4 is 18.3 Å². The number of rotatable bonds is 5. The monoisotopic (exact) mass is 266 g/mol. The van der Waals surface area contributed by atoms with Gasteiger partial charge in [0.2, 0.25) is 5.91 Å². The predicted molar refractivity (Wildman–Crippen MR) is 61.2 cm³/mol. The van der Waals surface area contributed by atoms with Crippen molar-refractivity contribution in [3.05, 3.63) is 29.8 Å². The quantitative estimate of drug-likeness (QED) is 0.844. The van der Waals surface area contributed by atoms with Crippen LogP contribution in [0, 0.1) is 0 Å². The lowest BCUT2D eigenvalue weighted by Crippen LogP contribution is -2.29. The van der Waals surface area contributed by atoms with E-state index in [-0.39, 0.29) is 37.2 Å². The van der Waals surface area contributed by atoms with Crippen molar-refractivity contribution in [2.24, 2.45) is 5.73 Å². The Labute approximate surface area is 104 Å². The van der Waals surface area contributed by atoms with Crippen LogP contribution in [0.3, 0.4) is 0 Å². The van der Waals surface area contributed by atoms with Crippen LogP contribution in [0.5, 0.6) is 5.75 Å². The van der Waals surface area contributed by atoms with E-state index in [0.29, 0.717) is 5.56 Å². The van der Waals surface area contributed by atoms with Crippen LogP contribution in [0.4, 0.5) is 8.78 Å². The van der Waals surface area contributed by atoms with Gasteiger partial charge in [0.05, 0.1) is 6.54 Å². The van der Waals surface area contributed by atoms with Gasteiger partial charge in [0, 0.05) is 12.1 Å². The number of halogens is 3. The summed E-state index contributed by atoms with van der Waals surface area (Å²) in [6.07, 6.45) is 0. The minimum atomic E-state index is -2.88. The number of amides is 1. The summed E-state index contributed by atoms with van der Waals surface area (Å²) >= 11 is 0. The van der Waals surface area contributed by atoms with E-state index in [2.05, 4.69) is 10.1 Å². The van der Waals surface area contributed by atoms with Crippen LogP contribution in [0.25, 0.3) is 0 Å². The molecule has 1 aromatic carbocycles. The zero-order chi connectivity index (χ0) is 12.0. The van der Waals surface area contributed by atoms with E-state index >= 15 is 0 Å². The molecular weight excluding hydrogens is 254 g/mol. The normalized spacial score (nSPS) is 9.65. The van der Waals surface area contributed by atoms with Gasteiger partial charge in [-0.2, -0.15) is 8.78 Å². The number of carbonyl (C=O) groups is 1. The van der Waals surface area contributed by atoms with E-state index in [0.717, 1.165) is 0 Å². The first-order chi connectivity index (χ1) is 7.63. The number of alkyl halides is 2. The molecule has 0 aromatic heterocycles. The average Bonchev–Trinajstić information content (AvgIpc) is 2.26. The fraction of sp³-hybridized carbons (Fsp3) is 0.300. The van der Waals surface area contributed by atoms with Crippen molar-refractivity contribution < 1.29 is 18.3 Å². The molecule has 0 aliphatic heterocycles. The molecule has 0 radical (unpaired) electrons. The zero-order valence-corrected chi connectivity index (χ0v) is 9.68. The summed E-state index contributed by atoms with van der Waals surface area (Å²) in [5.41, 5.74) is 5.57. The molecule has 96 valence electrons. The third-order valence-electron chi connectivity index (χ3n) is 1.85. The number of ether oxygens (including phenoxy) is 1. The number of nitrogens with two attached hydrogens (primary N) is 1. The van der Waals surface area contributed by atoms with Crippen LogP contribution in [-0.4, -0.2) is 19.1 Å². The van der Waals surface area contributed by atoms with E-state index in [9.17, 15) is 13.6 Å². The van der Waals surface area contributed by atoms with Crippen LogP contribution in [0.15, 0.2) is 24.3 Å². The van der Waals surface area contributed by atoms with E-state index in [4.69, 9.17) is 5.73 Å². The summed E-state index contributed by atoms with van der Waals surface area (Å²) in [5, 5.41) is 2.47. The van der Waals surface area contributed by atoms with Gasteiger partial charge in [0.25, 0.3) is 0 Å². The molecule has 17 heavy (non-hydrogen) atoms. The molecule has 0 saturated heterocycles. The standard InChI is InChI=1S/C10H12F2N2O2.ClH/c11-10(12)16-8-4-2-1-3-7(8)6-14-9(15)5-13;/h1-4,10H,5-6,13H2,(H,14,15);1H. The van der Waals surface area contributed by atoms with Gasteiger partial charge in [0.15, 0.2) is 0 Å². The molecule has 0 atom stereocenters. The lowest BCUT2D eigenvalue weighted by Gasteiger charge is -2.10. The summed E-state index contributed by atoms with van der Waals surface area (Å²) in [6.45, 7) is -2.91. The highest BCUT2D eigenvalue weighted by atomic mass is 35.5. The van der Waals surface area contributed by atoms with Crippen molar-refractivity contribution in [3.8, 4) is 5.75 Å². The third kappa shape index (κ3) is 5.46. The number of para-hydroxylation sites is 1. The Balaban J connectivity index is 0.00000256. The summed E-state index contributed by atoms with van der Waals surface area (Å²) < 4.78 is 28.4. The van der Waals surface area contributed by atoms with Gasteiger partial charge in [-0.25, -0.2) is 0 Å². The first-order valence-corrected chi connectivity index (χ1v) is 4.63. The Bertz CT molecular complexity index is 364. The van der Waals surface area contributed by atoms with Crippen LogP contribution in [0.1, 0.15) is 5.56 Å². The number of nitrogens with one attached hydrogen (secondary N) is 1. The smallest absolute Gasteiger partial charge is 0.387 e. The van der Waals surface area contributed by atoms with E-state index in [1.807, 2.05) is 0 Å². The maximum absolute atomic E-state index is 12.0. The number of carbonyl (C=O) groups excluding carboxylic acids is 1. The highest BCUT2D eigenvalue weighted by Crippen LogP contribution is 2.19. The van der Waals surface area contributed by atoms with Gasteiger partial charge in [0.1, 0.15) is 5.75 Å². The number of hydrogen-bond acceptors (Lipinski definition) is 3. The van der Waals surface area contributed by atoms with Gasteiger partial charge >= 0.3 is 6.61 Å². The Kier molecular flexibility index (Phi) is 7.16. The minimum Gasteiger partial charge on any atom is -0.434 e. The van der Waals surface area contributed by atoms with Crippen molar-refractivity contribution in [2.75, 3.05) is 6.54 Å². The molecule has 0 unspecified atom stereocenters. The SMILES string of the molecule is Cl.NCC(=O)NCc1ccccc1OC(F)F. The van der Waals surface area contributed by atoms with Crippen molar-refractivity contribution in [2.45, 2.75) is 13.2 Å². The second-order valence-corrected chi connectivity index (χ2v) is 2.97. The molecule has 1 amide bonds. The van der Waals surface area contributed by atoms with E-state index < -0.39 is 6.61 Å². The highest BCUT2D eigenvalue weighted by molar-refractivity contribution is 5.85. The molecule has 1 aromatic rings. The lowest BCUT2D eigenvalue weighted by molar-refractivity contribution is -0.119. The van der Waals surface area contributed by atoms with E-state index in [1.54, 1.807) is 18.2 Å². The Morgan fingerprint density at radius 3 is 2.65 bits per heavy atom. The maximum Gasteiger partial charge on any atom is 0.387 e. The summed E-state index contributed by atoms with van der Waals surface area (Å²) in [6, 6.07) is 6.25. The largest absolute Gasteiger partial charge is 0.434 e. The van der Waals surface area contributed by atoms with Gasteiger partial charge in [-0.3, -0.25) is 4.79 Å². The average molecular weight is 267 g/mol. The summed E-state index contributed by atoms with van der Waals surface area (Å²) in [7, 11) is 0. The molecule has 0 saturated carbocycles. The lowest BCUT2D eigenvalue weighted by atomic mass is 10.2. The molecule has 0 spiro atoms. The van der Waals surface area contributed by atoms with Gasteiger partial charge in [-0.15, -0.1) is 12.4 Å². The van der Waals surface area contributed by atoms with Gasteiger partial charge in [-0.1, -0.05) is 18.2 Å². The van der Waals surface area contributed by atoms with Crippen LogP contribution in [0.2, 0.25) is 0 Å². The number of benzene rings is 1. The van der Waals surface area contributed by atoms with Gasteiger partial charge < -0.3 is 15.8 Å². The zero-order valence-electron chi connectivity index (χ0n) is 8.86. The first kappa shape index (κ1) is 15.6. The summed E-state index contributed by atoms with van der Waals surface area (Å²) in [5.74, 6) is -0.304. The summed E-state index contributed by atoms with van der Waals surface area (Å²) in [4.78, 5) is 10.9. The Hall–Kier alpha value is -1.40. The first-order valence-electron chi connectivity index (χ1n) is 4.63. The Morgan fingerprint density at radius 1 is 1.41 bits per heavy atom. The Morgan fingerprint density at radius 2 is 2.06 bits per heavy atom. The molecule has 0 aliphatic rings. The van der Waals surface area contributed by atoms with Crippen LogP contribution >= 0.6 is 12.4 Å². The molecular formula is C10H13ClF2N2O2. The van der Waals surface area contributed by atoms with Crippen LogP contribution < -0.4 is 15.8 Å². The van der Waals surface area contributed by atoms with Crippen molar-refractivity contribution in [1.82, 2.24) is 5.32 Å².